The molecule has 5 atom stereocenters. The van der Waals surface area contributed by atoms with Gasteiger partial charge >= 0.3 is 19.4 Å². The lowest BCUT2D eigenvalue weighted by atomic mass is 10.1. The van der Waals surface area contributed by atoms with Crippen molar-refractivity contribution in [2.24, 2.45) is 7.05 Å². The Kier molecular flexibility index (Phi) is 8.32. The Morgan fingerprint density at radius 3 is 2.63 bits per heavy atom. The van der Waals surface area contributed by atoms with E-state index in [2.05, 4.69) is 15.1 Å². The van der Waals surface area contributed by atoms with Gasteiger partial charge in [-0.3, -0.25) is 13.6 Å². The van der Waals surface area contributed by atoms with Gasteiger partial charge in [0.25, 0.3) is 0 Å². The number of rotatable bonds is 11. The molecule has 3 aromatic rings. The number of nitrogen functional groups attached to an aromatic ring is 1. The van der Waals surface area contributed by atoms with E-state index in [0.717, 1.165) is 10.1 Å². The second-order valence-electron chi connectivity index (χ2n) is 8.34. The zero-order valence-electron chi connectivity index (χ0n) is 20.1. The molecule has 1 saturated heterocycles. The number of benzene rings is 1. The summed E-state index contributed by atoms with van der Waals surface area (Å²) in [7, 11) is -2.71. The molecular weight excluding hydrogens is 525 g/mol. The van der Waals surface area contributed by atoms with Gasteiger partial charge in [-0.15, -0.1) is 0 Å². The highest BCUT2D eigenvalue weighted by Gasteiger charge is 2.45. The second-order valence-corrected chi connectivity index (χ2v) is 10.2. The van der Waals surface area contributed by atoms with Crippen LogP contribution in [-0.4, -0.2) is 59.2 Å². The van der Waals surface area contributed by atoms with Crippen LogP contribution >= 0.6 is 7.75 Å². The molecule has 1 aliphatic rings. The maximum atomic E-state index is 13.6. The Morgan fingerprint density at radius 1 is 1.24 bits per heavy atom. The van der Waals surface area contributed by atoms with Gasteiger partial charge in [0.1, 0.15) is 42.6 Å². The summed E-state index contributed by atoms with van der Waals surface area (Å²) in [6.07, 6.45) is -3.06. The predicted octanol–water partition coefficient (Wildman–Crippen LogP) is 0.218. The first kappa shape index (κ1) is 27.5. The number of nitrogens with zero attached hydrogens (tertiary/aromatic N) is 5. The fourth-order valence-electron chi connectivity index (χ4n) is 3.69. The molecule has 3 heterocycles. The molecule has 16 nitrogen and oxygen atoms in total. The van der Waals surface area contributed by atoms with Crippen LogP contribution in [0.4, 0.5) is 11.8 Å². The lowest BCUT2D eigenvalue weighted by Crippen LogP contribution is -2.36. The van der Waals surface area contributed by atoms with E-state index in [1.165, 1.54) is 30.1 Å². The van der Waals surface area contributed by atoms with Crippen molar-refractivity contribution in [3.8, 4) is 0 Å². The van der Waals surface area contributed by atoms with Gasteiger partial charge in [0, 0.05) is 12.7 Å². The zero-order valence-corrected chi connectivity index (χ0v) is 21.0. The van der Waals surface area contributed by atoms with Gasteiger partial charge < -0.3 is 30.8 Å². The summed E-state index contributed by atoms with van der Waals surface area (Å²) in [4.78, 5) is 29.8. The minimum absolute atomic E-state index is 0.0273. The number of imidazole rings is 1. The van der Waals surface area contributed by atoms with E-state index in [1.807, 2.05) is 6.07 Å². The van der Waals surface area contributed by atoms with Crippen LogP contribution in [0.25, 0.3) is 0 Å². The van der Waals surface area contributed by atoms with Gasteiger partial charge in [-0.1, -0.05) is 35.3 Å². The van der Waals surface area contributed by atoms with Crippen molar-refractivity contribution in [3.05, 3.63) is 80.6 Å². The van der Waals surface area contributed by atoms with E-state index in [0.29, 0.717) is 0 Å². The number of hydrogen-bond donors (Lipinski definition) is 4. The molecule has 5 N–H and O–H groups in total. The second kappa shape index (κ2) is 11.5. The van der Waals surface area contributed by atoms with Crippen LogP contribution < -0.4 is 16.5 Å². The van der Waals surface area contributed by atoms with Crippen molar-refractivity contribution in [1.29, 1.82) is 0 Å². The number of nitrogens with two attached hydrogens (primary N) is 1. The summed E-state index contributed by atoms with van der Waals surface area (Å²) in [5.74, 6) is -0.452. The molecule has 1 fully saturated rings. The molecule has 0 bridgehead atoms. The SMILES string of the molecule is Cn1c(COP(=O)(NCc2ccccc2)OC[C@H]2O[C@@H](n3ccc(N)nc3=O)[C@H](O)C2O)cnc1[N+](=O)[O-]. The largest absolute Gasteiger partial charge is 0.434 e. The summed E-state index contributed by atoms with van der Waals surface area (Å²) in [6, 6.07) is 10.3. The number of hydrogen-bond acceptors (Lipinski definition) is 12. The Balaban J connectivity index is 1.47. The van der Waals surface area contributed by atoms with Gasteiger partial charge in [-0.25, -0.2) is 19.0 Å². The normalized spacial score (nSPS) is 22.8. The summed E-state index contributed by atoms with van der Waals surface area (Å²) in [5, 5.41) is 34.7. The van der Waals surface area contributed by atoms with Crippen LogP contribution in [0.15, 0.2) is 53.6 Å². The molecule has 2 aromatic heterocycles. The summed E-state index contributed by atoms with van der Waals surface area (Å²) < 4.78 is 32.4. The van der Waals surface area contributed by atoms with E-state index in [1.54, 1.807) is 24.3 Å². The minimum atomic E-state index is -4.12. The van der Waals surface area contributed by atoms with Gasteiger partial charge in [-0.2, -0.15) is 4.98 Å². The average Bonchev–Trinajstić information content (AvgIpc) is 3.40. The number of nitro groups is 1. The van der Waals surface area contributed by atoms with Crippen LogP contribution in [0.3, 0.4) is 0 Å². The van der Waals surface area contributed by atoms with Crippen molar-refractivity contribution < 1.29 is 33.5 Å². The predicted molar refractivity (Wildman–Crippen MR) is 130 cm³/mol. The molecule has 0 amide bonds. The number of ether oxygens (including phenoxy) is 1. The van der Waals surface area contributed by atoms with Crippen molar-refractivity contribution >= 4 is 19.5 Å². The van der Waals surface area contributed by atoms with E-state index in [4.69, 9.17) is 19.5 Å². The molecule has 2 unspecified atom stereocenters. The first-order chi connectivity index (χ1) is 18.1. The highest BCUT2D eigenvalue weighted by Crippen LogP contribution is 2.46. The fourth-order valence-corrected chi connectivity index (χ4v) is 4.97. The molecule has 0 radical (unpaired) electrons. The average molecular weight is 551 g/mol. The monoisotopic (exact) mass is 551 g/mol. The highest BCUT2D eigenvalue weighted by atomic mass is 31.2. The molecule has 1 aromatic carbocycles. The summed E-state index contributed by atoms with van der Waals surface area (Å²) in [6.45, 7) is -0.784. The molecule has 1 aliphatic heterocycles. The number of aromatic nitrogens is 4. The van der Waals surface area contributed by atoms with Crippen molar-refractivity contribution in [2.45, 2.75) is 37.7 Å². The van der Waals surface area contributed by atoms with Crippen molar-refractivity contribution in [3.63, 3.8) is 0 Å². The first-order valence-electron chi connectivity index (χ1n) is 11.3. The molecule has 0 saturated carbocycles. The Labute approximate surface area is 215 Å². The van der Waals surface area contributed by atoms with E-state index in [9.17, 15) is 29.7 Å². The Bertz CT molecular complexity index is 1380. The number of nitrogens with one attached hydrogen (secondary N) is 1. The van der Waals surface area contributed by atoms with E-state index < -0.39 is 55.5 Å². The molecule has 17 heteroatoms. The summed E-state index contributed by atoms with van der Waals surface area (Å²) in [5.41, 5.74) is 5.71. The van der Waals surface area contributed by atoms with Crippen molar-refractivity contribution in [2.75, 3.05) is 12.3 Å². The third-order valence-corrected chi connectivity index (χ3v) is 7.30. The fraction of sp³-hybridized carbons (Fsp3) is 0.381. The number of aliphatic hydroxyl groups excluding tert-OH is 2. The van der Waals surface area contributed by atoms with Gasteiger partial charge in [0.15, 0.2) is 6.23 Å². The van der Waals surface area contributed by atoms with Gasteiger partial charge in [-0.05, 0) is 16.6 Å². The highest BCUT2D eigenvalue weighted by molar-refractivity contribution is 7.51. The third-order valence-electron chi connectivity index (χ3n) is 5.80. The van der Waals surface area contributed by atoms with Crippen LogP contribution in [-0.2, 0) is 38.5 Å². The van der Waals surface area contributed by atoms with Crippen LogP contribution in [0.1, 0.15) is 17.5 Å². The molecular formula is C21H26N7O9P. The molecule has 38 heavy (non-hydrogen) atoms. The summed E-state index contributed by atoms with van der Waals surface area (Å²) >= 11 is 0. The van der Waals surface area contributed by atoms with Crippen LogP contribution in [0.5, 0.6) is 0 Å². The Morgan fingerprint density at radius 2 is 1.97 bits per heavy atom. The Hall–Kier alpha value is -3.50. The quantitative estimate of drug-likeness (QED) is 0.142. The maximum Gasteiger partial charge on any atom is 0.434 e. The smallest absolute Gasteiger partial charge is 0.390 e. The molecule has 0 aliphatic carbocycles. The lowest BCUT2D eigenvalue weighted by molar-refractivity contribution is -0.396. The zero-order chi connectivity index (χ0) is 27.4. The van der Waals surface area contributed by atoms with Crippen molar-refractivity contribution in [1.82, 2.24) is 24.2 Å². The van der Waals surface area contributed by atoms with Gasteiger partial charge in [0.2, 0.25) is 0 Å². The van der Waals surface area contributed by atoms with Crippen LogP contribution in [0, 0.1) is 10.1 Å². The standard InChI is InChI=1S/C21H26N7O9P/c1-26-14(10-23-20(26)28(32)33)11-35-38(34,24-9-13-5-3-2-4-6-13)36-12-15-17(29)18(30)19(37-15)27-8-7-16(22)25-21(27)31/h2-8,10,15,17-19,29-30H,9,11-12H2,1H3,(H,24,34)(H2,22,25,31)/t15-,17?,18-,19-,38?/m1/s1. The van der Waals surface area contributed by atoms with Crippen LogP contribution in [0.2, 0.25) is 0 Å². The molecule has 4 rings (SSSR count). The first-order valence-corrected chi connectivity index (χ1v) is 12.8. The van der Waals surface area contributed by atoms with E-state index in [-0.39, 0.29) is 24.7 Å². The number of aliphatic hydroxyl groups is 2. The van der Waals surface area contributed by atoms with Gasteiger partial charge in [0.05, 0.1) is 13.7 Å². The maximum absolute atomic E-state index is 13.6. The molecule has 0 spiro atoms. The lowest BCUT2D eigenvalue weighted by Gasteiger charge is -2.22. The third kappa shape index (κ3) is 6.14. The minimum Gasteiger partial charge on any atom is -0.390 e. The number of anilines is 1. The molecule has 204 valence electrons. The van der Waals surface area contributed by atoms with E-state index >= 15 is 0 Å². The topological polar surface area (TPSA) is 219 Å².